The number of nitrogens with two attached hydrogens (primary N) is 4. The molecule has 5 rings (SSSR count). The third-order valence-electron chi connectivity index (χ3n) is 6.82. The Hall–Kier alpha value is -4.02. The van der Waals surface area contributed by atoms with Crippen LogP contribution >= 0.6 is 0 Å². The number of nitrogens with zero attached hydrogens (tertiary/aromatic N) is 6. The molecule has 0 saturated heterocycles. The summed E-state index contributed by atoms with van der Waals surface area (Å²) >= 11 is 0. The number of fused-ring (bicyclic) bond motifs is 1. The Morgan fingerprint density at radius 3 is 1.66 bits per heavy atom. The van der Waals surface area contributed by atoms with Gasteiger partial charge in [0, 0.05) is 22.1 Å². The van der Waals surface area contributed by atoms with Crippen LogP contribution in [0.25, 0.3) is 10.8 Å². The zero-order chi connectivity index (χ0) is 35.0. The van der Waals surface area contributed by atoms with Gasteiger partial charge in [0.15, 0.2) is 0 Å². The van der Waals surface area contributed by atoms with Crippen molar-refractivity contribution in [2.45, 2.75) is 16.7 Å². The molecule has 0 amide bonds. The average molecular weight is 735 g/mol. The Labute approximate surface area is 329 Å². The van der Waals surface area contributed by atoms with E-state index in [0.29, 0.717) is 34.5 Å². The topological polar surface area (TPSA) is 313 Å². The third-order valence-corrected chi connectivity index (χ3v) is 8.56. The maximum atomic E-state index is 13.7. The first-order valence-corrected chi connectivity index (χ1v) is 16.3. The molecule has 50 heavy (non-hydrogen) atoms. The SMILES string of the molecule is Cc1cc(N=Nc2ccc(N=Nc3c(S(=O)(=O)O)cc4c(S(=O)(=O)[O-])cc(N=Nc5ccc(N)cc5)c(N)c4c3[O-])cc2)c(N)cc1N.[Na+].[Na+]. The summed E-state index contributed by atoms with van der Waals surface area (Å²) in [6, 6.07) is 16.4. The van der Waals surface area contributed by atoms with Crippen molar-refractivity contribution in [1.29, 1.82) is 0 Å². The summed E-state index contributed by atoms with van der Waals surface area (Å²) in [6.07, 6.45) is 0. The average Bonchev–Trinajstić information content (AvgIpc) is 3.01. The normalized spacial score (nSPS) is 12.1. The molecule has 0 saturated carbocycles. The largest absolute Gasteiger partial charge is 1.00 e. The summed E-state index contributed by atoms with van der Waals surface area (Å²) in [5, 5.41) is 36.1. The zero-order valence-electron chi connectivity index (χ0n) is 26.6. The van der Waals surface area contributed by atoms with Gasteiger partial charge in [-0.1, -0.05) is 5.75 Å². The first-order valence-electron chi connectivity index (χ1n) is 13.4. The van der Waals surface area contributed by atoms with Crippen LogP contribution in [-0.4, -0.2) is 25.9 Å². The Morgan fingerprint density at radius 2 is 1.14 bits per heavy atom. The summed E-state index contributed by atoms with van der Waals surface area (Å²) in [4.78, 5) is -2.16. The van der Waals surface area contributed by atoms with Gasteiger partial charge in [0.1, 0.15) is 26.4 Å². The maximum Gasteiger partial charge on any atom is 1.00 e. The number of rotatable bonds is 8. The van der Waals surface area contributed by atoms with Gasteiger partial charge in [-0.05, 0) is 85.3 Å². The fraction of sp³-hybridized carbons (Fsp3) is 0.0345. The molecule has 5 aromatic carbocycles. The first-order chi connectivity index (χ1) is 22.5. The van der Waals surface area contributed by atoms with Gasteiger partial charge >= 0.3 is 59.1 Å². The summed E-state index contributed by atoms with van der Waals surface area (Å²) in [6.45, 7) is 1.79. The Kier molecular flexibility index (Phi) is 12.8. The fourth-order valence-corrected chi connectivity index (χ4v) is 5.68. The van der Waals surface area contributed by atoms with E-state index < -0.39 is 63.6 Å². The Morgan fingerprint density at radius 1 is 0.640 bits per heavy atom. The van der Waals surface area contributed by atoms with Crippen molar-refractivity contribution in [1.82, 2.24) is 0 Å². The van der Waals surface area contributed by atoms with Crippen LogP contribution in [0.4, 0.5) is 56.9 Å². The van der Waals surface area contributed by atoms with Crippen molar-refractivity contribution >= 4 is 87.9 Å². The molecule has 0 fully saturated rings. The van der Waals surface area contributed by atoms with Crippen LogP contribution in [0.3, 0.4) is 0 Å². The molecule has 0 spiro atoms. The molecule has 17 nitrogen and oxygen atoms in total. The number of aryl methyl sites for hydroxylation is 1. The molecule has 246 valence electrons. The van der Waals surface area contributed by atoms with E-state index in [1.54, 1.807) is 19.1 Å². The van der Waals surface area contributed by atoms with Crippen LogP contribution in [-0.2, 0) is 20.2 Å². The van der Waals surface area contributed by atoms with Crippen molar-refractivity contribution in [2.75, 3.05) is 22.9 Å². The van der Waals surface area contributed by atoms with Crippen LogP contribution in [0.5, 0.6) is 5.75 Å². The molecular formula is C29H24N10Na2O7S2. The van der Waals surface area contributed by atoms with Gasteiger partial charge in [-0.2, -0.15) is 23.8 Å². The monoisotopic (exact) mass is 734 g/mol. The van der Waals surface area contributed by atoms with E-state index in [0.717, 1.165) is 11.6 Å². The van der Waals surface area contributed by atoms with Crippen LogP contribution < -0.4 is 87.2 Å². The minimum atomic E-state index is -5.36. The number of nitrogen functional groups attached to an aromatic ring is 4. The quantitative estimate of drug-likeness (QED) is 0.0609. The van der Waals surface area contributed by atoms with E-state index in [1.807, 2.05) is 0 Å². The van der Waals surface area contributed by atoms with Gasteiger partial charge in [0.25, 0.3) is 10.1 Å². The van der Waals surface area contributed by atoms with Crippen molar-refractivity contribution in [3.8, 4) is 5.75 Å². The molecule has 0 aliphatic carbocycles. The molecule has 5 aromatic rings. The van der Waals surface area contributed by atoms with Crippen molar-refractivity contribution in [3.05, 3.63) is 78.4 Å². The predicted molar refractivity (Wildman–Crippen MR) is 175 cm³/mol. The van der Waals surface area contributed by atoms with Gasteiger partial charge in [0.2, 0.25) is 0 Å². The molecule has 0 bridgehead atoms. The van der Waals surface area contributed by atoms with Crippen LogP contribution in [0.2, 0.25) is 0 Å². The second kappa shape index (κ2) is 15.9. The van der Waals surface area contributed by atoms with E-state index >= 15 is 0 Å². The molecule has 0 unspecified atom stereocenters. The second-order valence-corrected chi connectivity index (χ2v) is 12.9. The van der Waals surface area contributed by atoms with E-state index in [-0.39, 0.29) is 70.5 Å². The summed E-state index contributed by atoms with van der Waals surface area (Å²) in [5.41, 5.74) is 25.0. The van der Waals surface area contributed by atoms with Gasteiger partial charge in [-0.25, -0.2) is 8.42 Å². The van der Waals surface area contributed by atoms with Gasteiger partial charge < -0.3 is 32.6 Å². The minimum absolute atomic E-state index is 0. The van der Waals surface area contributed by atoms with Crippen molar-refractivity contribution in [2.24, 2.45) is 30.7 Å². The molecule has 9 N–H and O–H groups in total. The second-order valence-electron chi connectivity index (χ2n) is 10.2. The van der Waals surface area contributed by atoms with E-state index in [9.17, 15) is 31.0 Å². The summed E-state index contributed by atoms with van der Waals surface area (Å²) in [7, 11) is -10.6. The minimum Gasteiger partial charge on any atom is -0.870 e. The van der Waals surface area contributed by atoms with Gasteiger partial charge in [-0.3, -0.25) is 4.55 Å². The number of hydrogen-bond donors (Lipinski definition) is 5. The Bertz CT molecular complexity index is 2410. The standard InChI is InChI=1S/C29H26N10O7S2.2Na/c1-14-10-22(21(32)12-20(14)31)37-34-17-6-8-18(9-7-17)36-39-28-25(48(44,45)46)11-19-24(47(41,42)43)13-23(27(33)26(19)29(28)40)38-35-16-4-2-15(30)3-5-16;;/h2-13,40H,30-33H2,1H3,(H,41,42,43)(H,44,45,46);;/q;2*+1/p-2. The Balaban J connectivity index is 0.00000338. The molecule has 0 aliphatic rings. The van der Waals surface area contributed by atoms with Crippen molar-refractivity contribution in [3.63, 3.8) is 0 Å². The molecule has 21 heteroatoms. The number of azo groups is 3. The molecule has 0 atom stereocenters. The maximum absolute atomic E-state index is 13.7. The molecule has 0 heterocycles. The number of hydrogen-bond acceptors (Lipinski definition) is 16. The predicted octanol–water partition coefficient (Wildman–Crippen LogP) is -0.0444. The van der Waals surface area contributed by atoms with Crippen LogP contribution in [0.15, 0.2) is 113 Å². The number of benzene rings is 5. The zero-order valence-corrected chi connectivity index (χ0v) is 32.3. The van der Waals surface area contributed by atoms with E-state index in [4.69, 9.17) is 22.9 Å². The van der Waals surface area contributed by atoms with E-state index in [2.05, 4.69) is 30.7 Å². The number of anilines is 4. The van der Waals surface area contributed by atoms with Crippen LogP contribution in [0.1, 0.15) is 5.56 Å². The van der Waals surface area contributed by atoms with Gasteiger partial charge in [-0.15, -0.1) is 15.3 Å². The van der Waals surface area contributed by atoms with Gasteiger partial charge in [0.05, 0.1) is 39.0 Å². The molecule has 0 aromatic heterocycles. The molecule has 0 radical (unpaired) electrons. The molecular weight excluding hydrogens is 710 g/mol. The summed E-state index contributed by atoms with van der Waals surface area (Å²) < 4.78 is 71.3. The van der Waals surface area contributed by atoms with Crippen LogP contribution in [0, 0.1) is 6.92 Å². The third kappa shape index (κ3) is 9.01. The van der Waals surface area contributed by atoms with Crippen molar-refractivity contribution < 1.29 is 90.2 Å². The summed E-state index contributed by atoms with van der Waals surface area (Å²) in [5.74, 6) is -1.27. The smallest absolute Gasteiger partial charge is 0.870 e. The fourth-order valence-electron chi connectivity index (χ4n) is 4.35. The van der Waals surface area contributed by atoms with E-state index in [1.165, 1.54) is 48.5 Å². The molecule has 0 aliphatic heterocycles. The first kappa shape index (κ1) is 40.4.